The maximum Gasteiger partial charge on any atom is 0.123 e. The zero-order valence-corrected chi connectivity index (χ0v) is 15.1. The summed E-state index contributed by atoms with van der Waals surface area (Å²) in [5.74, 6) is 0.206. The fraction of sp³-hybridized carbons (Fsp3) is 0.429. The van der Waals surface area contributed by atoms with Crippen molar-refractivity contribution in [3.63, 3.8) is 0 Å². The largest absolute Gasteiger partial charge is 0.389 e. The SMILES string of the molecule is CC(C)COCC(O)CN(Cc1ccccc1)Cc1cccc(F)c1. The fourth-order valence-electron chi connectivity index (χ4n) is 2.71. The molecule has 1 N–H and O–H groups in total. The maximum atomic E-state index is 13.5. The Kier molecular flexibility index (Phi) is 8.06. The third-order valence-electron chi connectivity index (χ3n) is 3.77. The Labute approximate surface area is 150 Å². The highest BCUT2D eigenvalue weighted by molar-refractivity contribution is 5.18. The van der Waals surface area contributed by atoms with Crippen molar-refractivity contribution in [2.75, 3.05) is 19.8 Å². The lowest BCUT2D eigenvalue weighted by molar-refractivity contribution is 0.00553. The Morgan fingerprint density at radius 2 is 1.64 bits per heavy atom. The quantitative estimate of drug-likeness (QED) is 0.710. The van der Waals surface area contributed by atoms with Crippen molar-refractivity contribution in [3.05, 3.63) is 71.5 Å². The van der Waals surface area contributed by atoms with Crippen LogP contribution in [0.15, 0.2) is 54.6 Å². The highest BCUT2D eigenvalue weighted by Gasteiger charge is 2.14. The van der Waals surface area contributed by atoms with Crippen LogP contribution in [0.2, 0.25) is 0 Å². The first kappa shape index (κ1) is 19.6. The third-order valence-corrected chi connectivity index (χ3v) is 3.77. The standard InChI is InChI=1S/C21H28FNO2/c1-17(2)15-25-16-21(24)14-23(12-18-7-4-3-5-8-18)13-19-9-6-10-20(22)11-19/h3-11,17,21,24H,12-16H2,1-2H3. The maximum absolute atomic E-state index is 13.5. The molecule has 2 aromatic carbocycles. The fourth-order valence-corrected chi connectivity index (χ4v) is 2.71. The number of hydrogen-bond donors (Lipinski definition) is 1. The lowest BCUT2D eigenvalue weighted by Gasteiger charge is -2.25. The van der Waals surface area contributed by atoms with E-state index in [1.54, 1.807) is 12.1 Å². The molecule has 4 heteroatoms. The smallest absolute Gasteiger partial charge is 0.123 e. The minimum absolute atomic E-state index is 0.238. The van der Waals surface area contributed by atoms with Gasteiger partial charge in [-0.2, -0.15) is 0 Å². The van der Waals surface area contributed by atoms with Crippen LogP contribution in [0.3, 0.4) is 0 Å². The van der Waals surface area contributed by atoms with Crippen molar-refractivity contribution in [2.45, 2.75) is 33.0 Å². The lowest BCUT2D eigenvalue weighted by Crippen LogP contribution is -2.34. The number of aliphatic hydroxyl groups excluding tert-OH is 1. The molecule has 0 amide bonds. The molecule has 0 saturated carbocycles. The number of rotatable bonds is 10. The van der Waals surface area contributed by atoms with Gasteiger partial charge in [0.1, 0.15) is 5.82 Å². The van der Waals surface area contributed by atoms with Gasteiger partial charge in [-0.25, -0.2) is 4.39 Å². The summed E-state index contributed by atoms with van der Waals surface area (Å²) in [6, 6.07) is 16.7. The molecule has 0 fully saturated rings. The molecule has 136 valence electrons. The molecule has 0 aliphatic rings. The van der Waals surface area contributed by atoms with Crippen LogP contribution in [0.4, 0.5) is 4.39 Å². The molecule has 1 atom stereocenters. The van der Waals surface area contributed by atoms with E-state index in [0.29, 0.717) is 38.8 Å². The van der Waals surface area contributed by atoms with Gasteiger partial charge in [0, 0.05) is 26.2 Å². The predicted molar refractivity (Wildman–Crippen MR) is 98.6 cm³/mol. The Hall–Kier alpha value is -1.75. The van der Waals surface area contributed by atoms with Crippen LogP contribution in [-0.4, -0.2) is 35.9 Å². The van der Waals surface area contributed by atoms with Crippen molar-refractivity contribution in [1.82, 2.24) is 4.90 Å². The van der Waals surface area contributed by atoms with Crippen molar-refractivity contribution >= 4 is 0 Å². The number of nitrogens with zero attached hydrogens (tertiary/aromatic N) is 1. The van der Waals surface area contributed by atoms with Crippen LogP contribution in [0.5, 0.6) is 0 Å². The normalized spacial score (nSPS) is 12.7. The van der Waals surface area contributed by atoms with Crippen molar-refractivity contribution in [3.8, 4) is 0 Å². The Bertz CT molecular complexity index is 618. The lowest BCUT2D eigenvalue weighted by atomic mass is 10.1. The van der Waals surface area contributed by atoms with Crippen LogP contribution < -0.4 is 0 Å². The van der Waals surface area contributed by atoms with Crippen LogP contribution in [0.25, 0.3) is 0 Å². The molecule has 2 aromatic rings. The molecule has 0 saturated heterocycles. The van der Waals surface area contributed by atoms with E-state index < -0.39 is 6.10 Å². The molecule has 0 aromatic heterocycles. The predicted octanol–water partition coefficient (Wildman–Crippen LogP) is 3.86. The monoisotopic (exact) mass is 345 g/mol. The van der Waals surface area contributed by atoms with E-state index in [0.717, 1.165) is 11.1 Å². The average molecular weight is 345 g/mol. The van der Waals surface area contributed by atoms with Crippen LogP contribution in [0.1, 0.15) is 25.0 Å². The van der Waals surface area contributed by atoms with Gasteiger partial charge >= 0.3 is 0 Å². The molecule has 0 radical (unpaired) electrons. The molecular weight excluding hydrogens is 317 g/mol. The van der Waals surface area contributed by atoms with Crippen LogP contribution in [-0.2, 0) is 17.8 Å². The van der Waals surface area contributed by atoms with Gasteiger partial charge in [-0.3, -0.25) is 4.90 Å². The van der Waals surface area contributed by atoms with E-state index in [9.17, 15) is 9.50 Å². The Morgan fingerprint density at radius 1 is 0.960 bits per heavy atom. The van der Waals surface area contributed by atoms with Crippen molar-refractivity contribution in [2.24, 2.45) is 5.92 Å². The van der Waals surface area contributed by atoms with E-state index in [1.807, 2.05) is 24.3 Å². The van der Waals surface area contributed by atoms with E-state index in [1.165, 1.54) is 6.07 Å². The number of hydrogen-bond acceptors (Lipinski definition) is 3. The van der Waals surface area contributed by atoms with Crippen molar-refractivity contribution < 1.29 is 14.2 Å². The number of ether oxygens (including phenoxy) is 1. The summed E-state index contributed by atoms with van der Waals surface area (Å²) in [7, 11) is 0. The first-order chi connectivity index (χ1) is 12.0. The summed E-state index contributed by atoms with van der Waals surface area (Å²) in [6.07, 6.45) is -0.573. The van der Waals surface area contributed by atoms with Gasteiger partial charge in [-0.1, -0.05) is 56.3 Å². The molecule has 0 heterocycles. The molecule has 0 aliphatic carbocycles. The van der Waals surface area contributed by atoms with Crippen LogP contribution >= 0.6 is 0 Å². The second-order valence-electron chi connectivity index (χ2n) is 6.87. The third kappa shape index (κ3) is 7.78. The van der Waals surface area contributed by atoms with Gasteiger partial charge in [0.2, 0.25) is 0 Å². The highest BCUT2D eigenvalue weighted by atomic mass is 19.1. The molecule has 0 spiro atoms. The Morgan fingerprint density at radius 3 is 2.32 bits per heavy atom. The number of benzene rings is 2. The van der Waals surface area contributed by atoms with E-state index in [2.05, 4.69) is 30.9 Å². The van der Waals surface area contributed by atoms with Crippen LogP contribution in [0, 0.1) is 11.7 Å². The minimum Gasteiger partial charge on any atom is -0.389 e. The molecule has 2 rings (SSSR count). The van der Waals surface area contributed by atoms with E-state index >= 15 is 0 Å². The summed E-state index contributed by atoms with van der Waals surface area (Å²) in [5, 5.41) is 10.3. The second-order valence-corrected chi connectivity index (χ2v) is 6.87. The van der Waals surface area contributed by atoms with Gasteiger partial charge in [0.25, 0.3) is 0 Å². The summed E-state index contributed by atoms with van der Waals surface area (Å²) in [4.78, 5) is 2.12. The van der Waals surface area contributed by atoms with Gasteiger partial charge in [-0.05, 0) is 29.2 Å². The van der Waals surface area contributed by atoms with Crippen molar-refractivity contribution in [1.29, 1.82) is 0 Å². The van der Waals surface area contributed by atoms with Gasteiger partial charge in [0.05, 0.1) is 12.7 Å². The van der Waals surface area contributed by atoms with Gasteiger partial charge in [0.15, 0.2) is 0 Å². The second kappa shape index (κ2) is 10.3. The molecule has 0 aliphatic heterocycles. The zero-order chi connectivity index (χ0) is 18.1. The molecule has 25 heavy (non-hydrogen) atoms. The average Bonchev–Trinajstić information content (AvgIpc) is 2.55. The highest BCUT2D eigenvalue weighted by Crippen LogP contribution is 2.12. The first-order valence-corrected chi connectivity index (χ1v) is 8.79. The Balaban J connectivity index is 1.98. The number of halogens is 1. The van der Waals surface area contributed by atoms with Gasteiger partial charge < -0.3 is 9.84 Å². The van der Waals surface area contributed by atoms with E-state index in [-0.39, 0.29) is 5.82 Å². The summed E-state index contributed by atoms with van der Waals surface area (Å²) in [6.45, 7) is 6.86. The zero-order valence-electron chi connectivity index (χ0n) is 15.1. The summed E-state index contributed by atoms with van der Waals surface area (Å²) >= 11 is 0. The van der Waals surface area contributed by atoms with E-state index in [4.69, 9.17) is 4.74 Å². The summed E-state index contributed by atoms with van der Waals surface area (Å²) in [5.41, 5.74) is 2.06. The molecule has 3 nitrogen and oxygen atoms in total. The number of aliphatic hydroxyl groups is 1. The molecular formula is C21H28FNO2. The summed E-state index contributed by atoms with van der Waals surface area (Å²) < 4.78 is 19.0. The topological polar surface area (TPSA) is 32.7 Å². The minimum atomic E-state index is -0.573. The molecule has 0 bridgehead atoms. The first-order valence-electron chi connectivity index (χ1n) is 8.79. The van der Waals surface area contributed by atoms with Gasteiger partial charge in [-0.15, -0.1) is 0 Å². The molecule has 1 unspecified atom stereocenters.